The number of hydrogen-bond donors (Lipinski definition) is 1. The molecule has 0 aromatic heterocycles. The minimum Gasteiger partial charge on any atom is -0.398 e. The molecule has 1 heterocycles. The van der Waals surface area contributed by atoms with Gasteiger partial charge in [0.2, 0.25) is 0 Å². The molecule has 0 saturated carbocycles. The summed E-state index contributed by atoms with van der Waals surface area (Å²) in [6.07, 6.45) is 0. The zero-order valence-corrected chi connectivity index (χ0v) is 13.2. The summed E-state index contributed by atoms with van der Waals surface area (Å²) < 4.78 is 0.732. The van der Waals surface area contributed by atoms with E-state index in [2.05, 4.69) is 15.9 Å². The van der Waals surface area contributed by atoms with Crippen LogP contribution in [0.4, 0.5) is 11.4 Å². The Bertz CT molecular complexity index is 758. The third-order valence-electron chi connectivity index (χ3n) is 3.69. The molecule has 0 unspecified atom stereocenters. The van der Waals surface area contributed by atoms with Crippen LogP contribution in [-0.2, 0) is 0 Å². The van der Waals surface area contributed by atoms with E-state index in [0.717, 1.165) is 15.6 Å². The van der Waals surface area contributed by atoms with Gasteiger partial charge in [-0.15, -0.1) is 0 Å². The van der Waals surface area contributed by atoms with Gasteiger partial charge in [-0.05, 0) is 59.1 Å². The van der Waals surface area contributed by atoms with Gasteiger partial charge in [0.15, 0.2) is 0 Å². The van der Waals surface area contributed by atoms with Crippen LogP contribution in [0.5, 0.6) is 0 Å². The van der Waals surface area contributed by atoms with Crippen LogP contribution in [-0.4, -0.2) is 11.8 Å². The Morgan fingerprint density at radius 1 is 0.952 bits per heavy atom. The molecular formula is C16H13BrN2O2. The van der Waals surface area contributed by atoms with Crippen LogP contribution in [0.15, 0.2) is 34.8 Å². The van der Waals surface area contributed by atoms with Gasteiger partial charge >= 0.3 is 0 Å². The number of carbonyl (C=O) groups excluding carboxylic acids is 2. The molecule has 3 rings (SSSR count). The minimum atomic E-state index is -0.294. The Labute approximate surface area is 130 Å². The van der Waals surface area contributed by atoms with E-state index in [0.29, 0.717) is 22.5 Å². The Morgan fingerprint density at radius 3 is 1.95 bits per heavy atom. The van der Waals surface area contributed by atoms with E-state index < -0.39 is 0 Å². The smallest absolute Gasteiger partial charge is 0.266 e. The van der Waals surface area contributed by atoms with Crippen LogP contribution in [0.1, 0.15) is 31.8 Å². The first-order chi connectivity index (χ1) is 9.91. The Balaban J connectivity index is 2.18. The zero-order chi connectivity index (χ0) is 15.3. The second-order valence-electron chi connectivity index (χ2n) is 5.10. The average Bonchev–Trinajstić information content (AvgIpc) is 2.70. The fourth-order valence-electron chi connectivity index (χ4n) is 2.58. The van der Waals surface area contributed by atoms with Crippen molar-refractivity contribution in [3.8, 4) is 0 Å². The molecule has 2 N–H and O–H groups in total. The van der Waals surface area contributed by atoms with Gasteiger partial charge in [-0.25, -0.2) is 4.90 Å². The quantitative estimate of drug-likeness (QED) is 0.636. The summed E-state index contributed by atoms with van der Waals surface area (Å²) in [6.45, 7) is 3.67. The van der Waals surface area contributed by atoms with Crippen molar-refractivity contribution < 1.29 is 9.59 Å². The molecule has 0 radical (unpaired) electrons. The van der Waals surface area contributed by atoms with Crippen molar-refractivity contribution in [3.63, 3.8) is 0 Å². The van der Waals surface area contributed by atoms with Crippen molar-refractivity contribution in [3.05, 3.63) is 57.1 Å². The van der Waals surface area contributed by atoms with Gasteiger partial charge in [-0.3, -0.25) is 9.59 Å². The van der Waals surface area contributed by atoms with Crippen molar-refractivity contribution in [1.82, 2.24) is 0 Å². The third-order valence-corrected chi connectivity index (χ3v) is 4.42. The van der Waals surface area contributed by atoms with Crippen molar-refractivity contribution >= 4 is 39.1 Å². The summed E-state index contributed by atoms with van der Waals surface area (Å²) >= 11 is 3.31. The van der Waals surface area contributed by atoms with E-state index in [1.54, 1.807) is 18.2 Å². The highest BCUT2D eigenvalue weighted by molar-refractivity contribution is 9.10. The molecule has 2 amide bonds. The maximum Gasteiger partial charge on any atom is 0.266 e. The number of nitrogens with zero attached hydrogens (tertiary/aromatic N) is 1. The molecular weight excluding hydrogens is 332 g/mol. The summed E-state index contributed by atoms with van der Waals surface area (Å²) in [4.78, 5) is 26.4. The topological polar surface area (TPSA) is 63.4 Å². The number of anilines is 2. The standard InChI is InChI=1S/C16H13BrN2O2/c1-8-3-4-9(2)14-13(8)15(20)19(16(14)21)10-5-6-11(17)12(18)7-10/h3-7H,18H2,1-2H3. The van der Waals surface area contributed by atoms with Crippen LogP contribution >= 0.6 is 15.9 Å². The zero-order valence-electron chi connectivity index (χ0n) is 11.6. The van der Waals surface area contributed by atoms with Crippen LogP contribution in [0.2, 0.25) is 0 Å². The maximum atomic E-state index is 12.6. The highest BCUT2D eigenvalue weighted by Gasteiger charge is 2.39. The molecule has 0 spiro atoms. The molecule has 2 aromatic rings. The summed E-state index contributed by atoms with van der Waals surface area (Å²) in [5, 5.41) is 0. The Morgan fingerprint density at radius 2 is 1.48 bits per heavy atom. The molecule has 0 atom stereocenters. The monoisotopic (exact) mass is 344 g/mol. The van der Waals surface area contributed by atoms with E-state index >= 15 is 0 Å². The summed E-state index contributed by atoms with van der Waals surface area (Å²) in [5.74, 6) is -0.587. The van der Waals surface area contributed by atoms with Crippen LogP contribution in [0.25, 0.3) is 0 Å². The number of nitrogens with two attached hydrogens (primary N) is 1. The normalized spacial score (nSPS) is 13.8. The van der Waals surface area contributed by atoms with Gasteiger partial charge in [0.25, 0.3) is 11.8 Å². The number of imide groups is 1. The van der Waals surface area contributed by atoms with Crippen LogP contribution in [0, 0.1) is 13.8 Å². The predicted molar refractivity (Wildman–Crippen MR) is 85.6 cm³/mol. The van der Waals surface area contributed by atoms with E-state index in [9.17, 15) is 9.59 Å². The second-order valence-corrected chi connectivity index (χ2v) is 5.96. The van der Waals surface area contributed by atoms with Gasteiger partial charge in [0.1, 0.15) is 0 Å². The van der Waals surface area contributed by atoms with E-state index in [-0.39, 0.29) is 11.8 Å². The van der Waals surface area contributed by atoms with Crippen molar-refractivity contribution in [1.29, 1.82) is 0 Å². The molecule has 0 aliphatic carbocycles. The second kappa shape index (κ2) is 4.70. The van der Waals surface area contributed by atoms with E-state index in [1.165, 1.54) is 4.90 Å². The summed E-state index contributed by atoms with van der Waals surface area (Å²) in [5.41, 5.74) is 9.41. The van der Waals surface area contributed by atoms with E-state index in [4.69, 9.17) is 5.73 Å². The first-order valence-corrected chi connectivity index (χ1v) is 7.25. The Hall–Kier alpha value is -2.14. The molecule has 0 saturated heterocycles. The minimum absolute atomic E-state index is 0.294. The number of benzene rings is 2. The summed E-state index contributed by atoms with van der Waals surface area (Å²) in [7, 11) is 0. The lowest BCUT2D eigenvalue weighted by atomic mass is 9.99. The Kier molecular flexibility index (Phi) is 3.10. The number of fused-ring (bicyclic) bond motifs is 1. The molecule has 2 aromatic carbocycles. The first-order valence-electron chi connectivity index (χ1n) is 6.46. The van der Waals surface area contributed by atoms with Gasteiger partial charge in [-0.1, -0.05) is 12.1 Å². The van der Waals surface area contributed by atoms with Crippen molar-refractivity contribution in [2.45, 2.75) is 13.8 Å². The maximum absolute atomic E-state index is 12.6. The van der Waals surface area contributed by atoms with Gasteiger partial charge in [0.05, 0.1) is 16.8 Å². The molecule has 106 valence electrons. The summed E-state index contributed by atoms with van der Waals surface area (Å²) in [6, 6.07) is 8.77. The van der Waals surface area contributed by atoms with Gasteiger partial charge in [-0.2, -0.15) is 0 Å². The predicted octanol–water partition coefficient (Wildman–Crippen LogP) is 3.45. The highest BCUT2D eigenvalue weighted by Crippen LogP contribution is 2.34. The van der Waals surface area contributed by atoms with Gasteiger partial charge < -0.3 is 5.73 Å². The van der Waals surface area contributed by atoms with Crippen molar-refractivity contribution in [2.24, 2.45) is 0 Å². The molecule has 0 fully saturated rings. The lowest BCUT2D eigenvalue weighted by Crippen LogP contribution is -2.29. The first kappa shape index (κ1) is 13.8. The number of aryl methyl sites for hydroxylation is 2. The fraction of sp³-hybridized carbons (Fsp3) is 0.125. The highest BCUT2D eigenvalue weighted by atomic mass is 79.9. The molecule has 21 heavy (non-hydrogen) atoms. The lowest BCUT2D eigenvalue weighted by molar-refractivity contribution is 0.0926. The number of nitrogen functional groups attached to an aromatic ring is 1. The number of hydrogen-bond acceptors (Lipinski definition) is 3. The SMILES string of the molecule is Cc1ccc(C)c2c1C(=O)N(c1ccc(Br)c(N)c1)C2=O. The van der Waals surface area contributed by atoms with Crippen LogP contribution < -0.4 is 10.6 Å². The molecule has 0 bridgehead atoms. The van der Waals surface area contributed by atoms with Gasteiger partial charge in [0, 0.05) is 10.2 Å². The third kappa shape index (κ3) is 1.96. The van der Waals surface area contributed by atoms with Crippen molar-refractivity contribution in [2.75, 3.05) is 10.6 Å². The molecule has 1 aliphatic heterocycles. The molecule has 5 heteroatoms. The number of amides is 2. The largest absolute Gasteiger partial charge is 0.398 e. The molecule has 1 aliphatic rings. The average molecular weight is 345 g/mol. The fourth-order valence-corrected chi connectivity index (χ4v) is 2.83. The lowest BCUT2D eigenvalue weighted by Gasteiger charge is -2.15. The number of halogens is 1. The number of carbonyl (C=O) groups is 2. The van der Waals surface area contributed by atoms with E-state index in [1.807, 2.05) is 26.0 Å². The van der Waals surface area contributed by atoms with Crippen LogP contribution in [0.3, 0.4) is 0 Å². The molecule has 4 nitrogen and oxygen atoms in total. The number of rotatable bonds is 1.